The molecule has 0 aromatic heterocycles. The number of allylic oxidation sites excluding steroid dienone is 3. The number of aryl methyl sites for hydroxylation is 1. The van der Waals surface area contributed by atoms with Crippen LogP contribution in [-0.2, 0) is 20.7 Å². The van der Waals surface area contributed by atoms with Crippen molar-refractivity contribution in [3.63, 3.8) is 0 Å². The highest BCUT2D eigenvalue weighted by Gasteiger charge is 2.35. The molecule has 6 heteroatoms. The molecule has 1 heterocycles. The van der Waals surface area contributed by atoms with Crippen LogP contribution in [0.2, 0.25) is 0 Å². The average Bonchev–Trinajstić information content (AvgIpc) is 2.79. The maximum Gasteiger partial charge on any atom is 0.337 e. The summed E-state index contributed by atoms with van der Waals surface area (Å²) < 4.78 is 4.75. The van der Waals surface area contributed by atoms with Crippen LogP contribution >= 0.6 is 0 Å². The van der Waals surface area contributed by atoms with E-state index < -0.39 is 12.0 Å². The van der Waals surface area contributed by atoms with Gasteiger partial charge in [-0.05, 0) is 55.2 Å². The second-order valence-corrected chi connectivity index (χ2v) is 7.28. The number of amides is 2. The molecule has 0 saturated heterocycles. The van der Waals surface area contributed by atoms with Gasteiger partial charge in [0.25, 0.3) is 5.91 Å². The number of hydrogen-bond donors (Lipinski definition) is 1. The highest BCUT2D eigenvalue weighted by Crippen LogP contribution is 2.31. The summed E-state index contributed by atoms with van der Waals surface area (Å²) in [5.74, 6) is -0.953. The van der Waals surface area contributed by atoms with Gasteiger partial charge in [-0.15, -0.1) is 0 Å². The van der Waals surface area contributed by atoms with Gasteiger partial charge in [0.2, 0.25) is 5.91 Å². The first kappa shape index (κ1) is 22.0. The first-order chi connectivity index (χ1) is 15.0. The molecule has 0 fully saturated rings. The summed E-state index contributed by atoms with van der Waals surface area (Å²) in [7, 11) is 1.32. The van der Waals surface area contributed by atoms with Crippen LogP contribution in [-0.4, -0.2) is 36.3 Å². The topological polar surface area (TPSA) is 75.7 Å². The number of esters is 1. The van der Waals surface area contributed by atoms with Crippen molar-refractivity contribution in [1.82, 2.24) is 4.90 Å². The van der Waals surface area contributed by atoms with Crippen LogP contribution in [0.1, 0.15) is 40.0 Å². The first-order valence-corrected chi connectivity index (χ1v) is 10.1. The lowest BCUT2D eigenvalue weighted by molar-refractivity contribution is -0.135. The van der Waals surface area contributed by atoms with Crippen molar-refractivity contribution in [2.45, 2.75) is 26.3 Å². The molecule has 0 aliphatic carbocycles. The molecule has 6 nitrogen and oxygen atoms in total. The lowest BCUT2D eigenvalue weighted by Gasteiger charge is -2.36. The van der Waals surface area contributed by atoms with Gasteiger partial charge in [0.15, 0.2) is 0 Å². The Morgan fingerprint density at radius 3 is 2.61 bits per heavy atom. The fourth-order valence-electron chi connectivity index (χ4n) is 3.68. The van der Waals surface area contributed by atoms with E-state index >= 15 is 0 Å². The van der Waals surface area contributed by atoms with Crippen LogP contribution in [0.3, 0.4) is 0 Å². The van der Waals surface area contributed by atoms with Gasteiger partial charge in [-0.2, -0.15) is 0 Å². The van der Waals surface area contributed by atoms with Crippen LogP contribution in [0, 0.1) is 6.92 Å². The third-order valence-corrected chi connectivity index (χ3v) is 5.26. The van der Waals surface area contributed by atoms with Gasteiger partial charge in [-0.3, -0.25) is 9.59 Å². The molecular formula is C25H26N2O4. The molecule has 1 unspecified atom stereocenters. The zero-order valence-electron chi connectivity index (χ0n) is 17.9. The molecule has 3 rings (SSSR count). The van der Waals surface area contributed by atoms with Crippen molar-refractivity contribution >= 4 is 23.5 Å². The fourth-order valence-corrected chi connectivity index (χ4v) is 3.68. The van der Waals surface area contributed by atoms with E-state index in [1.807, 2.05) is 37.3 Å². The third-order valence-electron chi connectivity index (χ3n) is 5.26. The Labute approximate surface area is 182 Å². The average molecular weight is 418 g/mol. The van der Waals surface area contributed by atoms with Crippen LogP contribution < -0.4 is 5.32 Å². The molecule has 2 aromatic rings. The van der Waals surface area contributed by atoms with Crippen LogP contribution in [0.15, 0.2) is 66.8 Å². The van der Waals surface area contributed by atoms with E-state index in [4.69, 9.17) is 4.74 Å². The maximum atomic E-state index is 13.4. The molecule has 31 heavy (non-hydrogen) atoms. The van der Waals surface area contributed by atoms with Crippen molar-refractivity contribution in [2.24, 2.45) is 0 Å². The minimum absolute atomic E-state index is 0.217. The van der Waals surface area contributed by atoms with E-state index in [9.17, 15) is 14.4 Å². The Morgan fingerprint density at radius 2 is 1.90 bits per heavy atom. The Hall–Kier alpha value is -3.67. The van der Waals surface area contributed by atoms with Gasteiger partial charge >= 0.3 is 5.97 Å². The van der Waals surface area contributed by atoms with E-state index in [2.05, 4.69) is 5.32 Å². The first-order valence-electron chi connectivity index (χ1n) is 10.1. The molecule has 2 aromatic carbocycles. The largest absolute Gasteiger partial charge is 0.465 e. The Morgan fingerprint density at radius 1 is 1.13 bits per heavy atom. The van der Waals surface area contributed by atoms with E-state index in [-0.39, 0.29) is 11.8 Å². The predicted octanol–water partition coefficient (Wildman–Crippen LogP) is 3.98. The molecule has 0 spiro atoms. The summed E-state index contributed by atoms with van der Waals surface area (Å²) in [5.41, 5.74) is 3.60. The van der Waals surface area contributed by atoms with Gasteiger partial charge in [0.05, 0.1) is 12.7 Å². The van der Waals surface area contributed by atoms with Gasteiger partial charge in [-0.1, -0.05) is 42.5 Å². The number of benzene rings is 2. The molecule has 0 bridgehead atoms. The lowest BCUT2D eigenvalue weighted by atomic mass is 9.91. The van der Waals surface area contributed by atoms with Gasteiger partial charge in [-0.25, -0.2) is 4.79 Å². The quantitative estimate of drug-likeness (QED) is 0.453. The summed E-state index contributed by atoms with van der Waals surface area (Å²) in [6.45, 7) is 4.13. The fraction of sp³-hybridized carbons (Fsp3) is 0.240. The van der Waals surface area contributed by atoms with Crippen molar-refractivity contribution in [1.29, 1.82) is 0 Å². The normalized spacial score (nSPS) is 15.7. The summed E-state index contributed by atoms with van der Waals surface area (Å²) in [5, 5.41) is 2.93. The van der Waals surface area contributed by atoms with Crippen LogP contribution in [0.5, 0.6) is 0 Å². The summed E-state index contributed by atoms with van der Waals surface area (Å²) in [6, 6.07) is 11.9. The zero-order chi connectivity index (χ0) is 22.4. The smallest absolute Gasteiger partial charge is 0.337 e. The van der Waals surface area contributed by atoms with Gasteiger partial charge in [0.1, 0.15) is 6.04 Å². The van der Waals surface area contributed by atoms with Crippen molar-refractivity contribution in [3.8, 4) is 0 Å². The highest BCUT2D eigenvalue weighted by atomic mass is 16.5. The van der Waals surface area contributed by atoms with Gasteiger partial charge < -0.3 is 15.0 Å². The minimum atomic E-state index is -0.743. The molecule has 1 N–H and O–H groups in total. The van der Waals surface area contributed by atoms with Gasteiger partial charge in [0, 0.05) is 18.3 Å². The number of carbonyl (C=O) groups is 3. The molecule has 0 saturated carbocycles. The number of carbonyl (C=O) groups excluding carboxylic acids is 3. The molecule has 1 aliphatic rings. The summed E-state index contributed by atoms with van der Waals surface area (Å²) in [4.78, 5) is 39.5. The highest BCUT2D eigenvalue weighted by molar-refractivity contribution is 6.01. The minimum Gasteiger partial charge on any atom is -0.465 e. The number of rotatable bonds is 5. The summed E-state index contributed by atoms with van der Waals surface area (Å²) in [6.07, 6.45) is 7.45. The maximum absolute atomic E-state index is 13.4. The standard InChI is InChI=1S/C25H26N2O4/c1-4-5-6-11-22(28)27-15-14-18-9-7-8-10-20(18)23(27)24(29)26-21-13-12-19(16-17(21)2)25(30)31-3/h4-13,16,23H,14-15H2,1-3H3,(H,26,29). The van der Waals surface area contributed by atoms with Crippen molar-refractivity contribution in [3.05, 3.63) is 89.0 Å². The predicted molar refractivity (Wildman–Crippen MR) is 120 cm³/mol. The van der Waals surface area contributed by atoms with Crippen molar-refractivity contribution in [2.75, 3.05) is 19.0 Å². The monoisotopic (exact) mass is 418 g/mol. The third kappa shape index (κ3) is 4.91. The Kier molecular flexibility index (Phi) is 7.03. The summed E-state index contributed by atoms with van der Waals surface area (Å²) >= 11 is 0. The van der Waals surface area contributed by atoms with E-state index in [1.54, 1.807) is 42.2 Å². The second kappa shape index (κ2) is 9.89. The van der Waals surface area contributed by atoms with E-state index in [1.165, 1.54) is 13.2 Å². The van der Waals surface area contributed by atoms with E-state index in [0.717, 1.165) is 16.7 Å². The number of anilines is 1. The number of hydrogen-bond acceptors (Lipinski definition) is 4. The van der Waals surface area contributed by atoms with Crippen molar-refractivity contribution < 1.29 is 19.1 Å². The van der Waals surface area contributed by atoms with Crippen LogP contribution in [0.25, 0.3) is 0 Å². The number of fused-ring (bicyclic) bond motifs is 1. The number of nitrogens with zero attached hydrogens (tertiary/aromatic N) is 1. The number of nitrogens with one attached hydrogen (secondary N) is 1. The molecule has 1 atom stereocenters. The number of methoxy groups -OCH3 is 1. The van der Waals surface area contributed by atoms with Crippen LogP contribution in [0.4, 0.5) is 5.69 Å². The van der Waals surface area contributed by atoms with E-state index in [0.29, 0.717) is 24.2 Å². The zero-order valence-corrected chi connectivity index (χ0v) is 17.9. The lowest BCUT2D eigenvalue weighted by Crippen LogP contribution is -2.44. The Balaban J connectivity index is 1.91. The molecule has 2 amide bonds. The molecule has 0 radical (unpaired) electrons. The number of ether oxygens (including phenoxy) is 1. The molecule has 160 valence electrons. The molecular weight excluding hydrogens is 392 g/mol. The molecule has 1 aliphatic heterocycles. The SMILES string of the molecule is CC=CC=CC(=O)N1CCc2ccccc2C1C(=O)Nc1ccc(C(=O)OC)cc1C. The Bertz CT molecular complexity index is 1060. The second-order valence-electron chi connectivity index (χ2n) is 7.28.